The first-order chi connectivity index (χ1) is 6.77. The van der Waals surface area contributed by atoms with E-state index in [0.717, 1.165) is 30.5 Å². The molecular weight excluding hydrogens is 170 g/mol. The molecule has 0 aliphatic rings. The Morgan fingerprint density at radius 1 is 1.29 bits per heavy atom. The molecule has 0 amide bonds. The van der Waals surface area contributed by atoms with Gasteiger partial charge < -0.3 is 5.73 Å². The van der Waals surface area contributed by atoms with Gasteiger partial charge in [-0.3, -0.25) is 0 Å². The van der Waals surface area contributed by atoms with Gasteiger partial charge in [0.1, 0.15) is 0 Å². The highest BCUT2D eigenvalue weighted by Gasteiger charge is 1.95. The summed E-state index contributed by atoms with van der Waals surface area (Å²) < 4.78 is 0. The molecule has 0 heterocycles. The van der Waals surface area contributed by atoms with Crippen molar-refractivity contribution in [1.29, 1.82) is 0 Å². The maximum atomic E-state index is 5.45. The molecule has 1 heteroatoms. The summed E-state index contributed by atoms with van der Waals surface area (Å²) in [5, 5.41) is 0. The summed E-state index contributed by atoms with van der Waals surface area (Å²) >= 11 is 0. The van der Waals surface area contributed by atoms with E-state index in [1.54, 1.807) is 6.08 Å². The molecule has 0 aliphatic heterocycles. The van der Waals surface area contributed by atoms with E-state index in [1.807, 2.05) is 0 Å². The zero-order valence-electron chi connectivity index (χ0n) is 8.50. The van der Waals surface area contributed by atoms with Gasteiger partial charge in [-0.2, -0.15) is 0 Å². The number of benzene rings is 1. The van der Waals surface area contributed by atoms with E-state index >= 15 is 0 Å². The third-order valence-corrected chi connectivity index (χ3v) is 2.24. The molecule has 0 aromatic heterocycles. The van der Waals surface area contributed by atoms with Gasteiger partial charge in [-0.1, -0.05) is 43.5 Å². The Kier molecular flexibility index (Phi) is 4.14. The van der Waals surface area contributed by atoms with Crippen LogP contribution in [0.5, 0.6) is 0 Å². The molecule has 0 fully saturated rings. The van der Waals surface area contributed by atoms with Gasteiger partial charge in [-0.15, -0.1) is 0 Å². The van der Waals surface area contributed by atoms with Gasteiger partial charge in [-0.25, -0.2) is 0 Å². The van der Waals surface area contributed by atoms with E-state index in [0.29, 0.717) is 0 Å². The van der Waals surface area contributed by atoms with Crippen LogP contribution in [0.2, 0.25) is 0 Å². The summed E-state index contributed by atoms with van der Waals surface area (Å²) in [5.41, 5.74) is 8.88. The van der Waals surface area contributed by atoms with Gasteiger partial charge >= 0.3 is 0 Å². The quantitative estimate of drug-likeness (QED) is 0.705. The van der Waals surface area contributed by atoms with Crippen LogP contribution in [0.15, 0.2) is 43.5 Å². The Balaban J connectivity index is 2.68. The summed E-state index contributed by atoms with van der Waals surface area (Å²) in [5.74, 6) is 0. The predicted molar refractivity (Wildman–Crippen MR) is 63.0 cm³/mol. The third-order valence-electron chi connectivity index (χ3n) is 2.24. The van der Waals surface area contributed by atoms with Gasteiger partial charge in [0.15, 0.2) is 0 Å². The molecule has 0 aliphatic carbocycles. The predicted octanol–water partition coefficient (Wildman–Crippen LogP) is 2.78. The zero-order chi connectivity index (χ0) is 10.4. The van der Waals surface area contributed by atoms with E-state index < -0.39 is 0 Å². The van der Waals surface area contributed by atoms with Crippen LogP contribution in [0.3, 0.4) is 0 Å². The highest BCUT2D eigenvalue weighted by atomic mass is 14.5. The molecular formula is C13H17N. The van der Waals surface area contributed by atoms with Crippen LogP contribution < -0.4 is 5.73 Å². The van der Waals surface area contributed by atoms with Crippen LogP contribution in [-0.4, -0.2) is 6.54 Å². The van der Waals surface area contributed by atoms with Crippen LogP contribution in [0.4, 0.5) is 0 Å². The van der Waals surface area contributed by atoms with Gasteiger partial charge in [-0.05, 0) is 36.1 Å². The van der Waals surface area contributed by atoms with Crippen LogP contribution in [0, 0.1) is 0 Å². The molecule has 14 heavy (non-hydrogen) atoms. The fourth-order valence-corrected chi connectivity index (χ4v) is 1.31. The smallest absolute Gasteiger partial charge is 0.00741 e. The minimum atomic E-state index is 0.751. The van der Waals surface area contributed by atoms with Crippen LogP contribution in [0.1, 0.15) is 17.5 Å². The fourth-order valence-electron chi connectivity index (χ4n) is 1.31. The van der Waals surface area contributed by atoms with E-state index in [1.165, 1.54) is 5.56 Å². The topological polar surface area (TPSA) is 26.0 Å². The van der Waals surface area contributed by atoms with Crippen LogP contribution in [0.25, 0.3) is 5.57 Å². The second-order valence-corrected chi connectivity index (χ2v) is 3.32. The number of nitrogens with two attached hydrogens (primary N) is 1. The number of hydrogen-bond donors (Lipinski definition) is 1. The number of rotatable bonds is 5. The first-order valence-corrected chi connectivity index (χ1v) is 4.88. The highest BCUT2D eigenvalue weighted by molar-refractivity contribution is 5.71. The van der Waals surface area contributed by atoms with Crippen molar-refractivity contribution in [2.75, 3.05) is 6.54 Å². The molecule has 1 aromatic carbocycles. The summed E-state index contributed by atoms with van der Waals surface area (Å²) in [7, 11) is 0. The summed E-state index contributed by atoms with van der Waals surface area (Å²) in [4.78, 5) is 0. The van der Waals surface area contributed by atoms with Crippen molar-refractivity contribution in [3.8, 4) is 0 Å². The lowest BCUT2D eigenvalue weighted by atomic mass is 10.0. The van der Waals surface area contributed by atoms with Gasteiger partial charge in [0.05, 0.1) is 0 Å². The maximum Gasteiger partial charge on any atom is -0.00741 e. The average Bonchev–Trinajstić information content (AvgIpc) is 2.26. The molecule has 0 unspecified atom stereocenters. The Morgan fingerprint density at radius 2 is 1.93 bits per heavy atom. The summed E-state index contributed by atoms with van der Waals surface area (Å²) in [6, 6.07) is 8.41. The summed E-state index contributed by atoms with van der Waals surface area (Å²) in [6.07, 6.45) is 3.87. The number of allylic oxidation sites excluding steroid dienone is 2. The molecule has 0 saturated heterocycles. The first-order valence-electron chi connectivity index (χ1n) is 4.88. The molecule has 1 rings (SSSR count). The molecule has 0 bridgehead atoms. The Morgan fingerprint density at radius 3 is 2.43 bits per heavy atom. The second kappa shape index (κ2) is 5.40. The standard InChI is InChI=1S/C13H17N/c1-3-11(2)13-8-6-12(7-9-13)5-4-10-14/h3,6-9H,1-2,4-5,10,14H2. The molecule has 0 saturated carbocycles. The molecule has 0 radical (unpaired) electrons. The Labute approximate surface area is 85.9 Å². The van der Waals surface area contributed by atoms with Crippen molar-refractivity contribution < 1.29 is 0 Å². The largest absolute Gasteiger partial charge is 0.330 e. The molecule has 74 valence electrons. The van der Waals surface area contributed by atoms with Gasteiger partial charge in [0, 0.05) is 0 Å². The lowest BCUT2D eigenvalue weighted by Crippen LogP contribution is -2.00. The van der Waals surface area contributed by atoms with Crippen molar-refractivity contribution in [2.24, 2.45) is 5.73 Å². The van der Waals surface area contributed by atoms with E-state index in [9.17, 15) is 0 Å². The second-order valence-electron chi connectivity index (χ2n) is 3.32. The molecule has 0 spiro atoms. The first kappa shape index (κ1) is 10.7. The van der Waals surface area contributed by atoms with E-state index in [2.05, 4.69) is 37.4 Å². The SMILES string of the molecule is C=CC(=C)c1ccc(CCCN)cc1. The number of hydrogen-bond acceptors (Lipinski definition) is 1. The van der Waals surface area contributed by atoms with Crippen LogP contribution >= 0.6 is 0 Å². The normalized spacial score (nSPS) is 9.79. The van der Waals surface area contributed by atoms with E-state index in [-0.39, 0.29) is 0 Å². The molecule has 1 nitrogen and oxygen atoms in total. The third kappa shape index (κ3) is 2.86. The average molecular weight is 187 g/mol. The zero-order valence-corrected chi connectivity index (χ0v) is 8.50. The minimum Gasteiger partial charge on any atom is -0.330 e. The van der Waals surface area contributed by atoms with Crippen molar-refractivity contribution >= 4 is 5.57 Å². The van der Waals surface area contributed by atoms with Gasteiger partial charge in [0.2, 0.25) is 0 Å². The van der Waals surface area contributed by atoms with Crippen molar-refractivity contribution in [3.05, 3.63) is 54.6 Å². The maximum absolute atomic E-state index is 5.45. The Bertz CT molecular complexity index is 309. The molecule has 2 N–H and O–H groups in total. The molecule has 0 atom stereocenters. The summed E-state index contributed by atoms with van der Waals surface area (Å²) in [6.45, 7) is 8.34. The van der Waals surface area contributed by atoms with E-state index in [4.69, 9.17) is 5.73 Å². The fraction of sp³-hybridized carbons (Fsp3) is 0.231. The lowest BCUT2D eigenvalue weighted by molar-refractivity contribution is 0.832. The van der Waals surface area contributed by atoms with Crippen LogP contribution in [-0.2, 0) is 6.42 Å². The van der Waals surface area contributed by atoms with Crippen molar-refractivity contribution in [2.45, 2.75) is 12.8 Å². The minimum absolute atomic E-state index is 0.751. The van der Waals surface area contributed by atoms with Crippen molar-refractivity contribution in [1.82, 2.24) is 0 Å². The highest BCUT2D eigenvalue weighted by Crippen LogP contribution is 2.14. The Hall–Kier alpha value is -1.34. The molecule has 1 aromatic rings. The lowest BCUT2D eigenvalue weighted by Gasteiger charge is -2.03. The monoisotopic (exact) mass is 187 g/mol. The number of aryl methyl sites for hydroxylation is 1. The van der Waals surface area contributed by atoms with Crippen molar-refractivity contribution in [3.63, 3.8) is 0 Å². The van der Waals surface area contributed by atoms with Gasteiger partial charge in [0.25, 0.3) is 0 Å².